The summed E-state index contributed by atoms with van der Waals surface area (Å²) in [5, 5.41) is 7.51. The molecule has 1 heterocycles. The van der Waals surface area contributed by atoms with Gasteiger partial charge in [0.1, 0.15) is 11.5 Å². The van der Waals surface area contributed by atoms with E-state index in [1.807, 2.05) is 20.8 Å². The van der Waals surface area contributed by atoms with Crippen molar-refractivity contribution in [3.63, 3.8) is 0 Å². The molecule has 5 heteroatoms. The van der Waals surface area contributed by atoms with Crippen molar-refractivity contribution in [3.8, 4) is 5.69 Å². The van der Waals surface area contributed by atoms with Crippen molar-refractivity contribution < 1.29 is 8.78 Å². The van der Waals surface area contributed by atoms with Crippen LogP contribution in [0, 0.1) is 11.6 Å². The van der Waals surface area contributed by atoms with Crippen LogP contribution < -0.4 is 5.32 Å². The summed E-state index contributed by atoms with van der Waals surface area (Å²) < 4.78 is 28.5. The molecule has 0 radical (unpaired) electrons. The molecule has 0 spiro atoms. The molecule has 0 saturated heterocycles. The van der Waals surface area contributed by atoms with Gasteiger partial charge in [0, 0.05) is 18.2 Å². The zero-order valence-electron chi connectivity index (χ0n) is 12.0. The molecule has 1 N–H and O–H groups in total. The molecule has 3 nitrogen and oxygen atoms in total. The molecule has 2 aromatic rings. The molecule has 108 valence electrons. The third kappa shape index (κ3) is 2.88. The molecule has 20 heavy (non-hydrogen) atoms. The van der Waals surface area contributed by atoms with E-state index in [0.717, 1.165) is 23.9 Å². The van der Waals surface area contributed by atoms with E-state index >= 15 is 0 Å². The Morgan fingerprint density at radius 1 is 1.30 bits per heavy atom. The van der Waals surface area contributed by atoms with Crippen LogP contribution in [0.4, 0.5) is 8.78 Å². The van der Waals surface area contributed by atoms with E-state index in [0.29, 0.717) is 6.54 Å². The topological polar surface area (TPSA) is 29.9 Å². The largest absolute Gasteiger partial charge is 0.313 e. The van der Waals surface area contributed by atoms with E-state index in [-0.39, 0.29) is 11.6 Å². The smallest absolute Gasteiger partial charge is 0.151 e. The molecule has 0 aliphatic rings. The van der Waals surface area contributed by atoms with Crippen LogP contribution in [0.5, 0.6) is 0 Å². The Balaban J connectivity index is 2.48. The van der Waals surface area contributed by atoms with Gasteiger partial charge in [-0.25, -0.2) is 13.5 Å². The summed E-state index contributed by atoms with van der Waals surface area (Å²) >= 11 is 0. The van der Waals surface area contributed by atoms with Gasteiger partial charge in [0.15, 0.2) is 5.82 Å². The first-order chi connectivity index (χ1) is 9.54. The second-order valence-corrected chi connectivity index (χ2v) is 5.00. The molecular weight excluding hydrogens is 260 g/mol. The van der Waals surface area contributed by atoms with E-state index < -0.39 is 11.6 Å². The van der Waals surface area contributed by atoms with Crippen LogP contribution >= 0.6 is 0 Å². The lowest BCUT2D eigenvalue weighted by Crippen LogP contribution is -2.14. The van der Waals surface area contributed by atoms with Crippen molar-refractivity contribution >= 4 is 0 Å². The maximum absolute atomic E-state index is 13.9. The van der Waals surface area contributed by atoms with Gasteiger partial charge in [-0.05, 0) is 24.6 Å². The molecular formula is C15H19F2N3. The first kappa shape index (κ1) is 14.7. The normalized spacial score (nSPS) is 11.3. The Labute approximate surface area is 117 Å². The van der Waals surface area contributed by atoms with Gasteiger partial charge >= 0.3 is 0 Å². The Morgan fingerprint density at radius 2 is 2.05 bits per heavy atom. The van der Waals surface area contributed by atoms with E-state index in [9.17, 15) is 8.78 Å². The fourth-order valence-corrected chi connectivity index (χ4v) is 2.25. The van der Waals surface area contributed by atoms with E-state index in [1.165, 1.54) is 12.1 Å². The lowest BCUT2D eigenvalue weighted by molar-refractivity contribution is 0.569. The van der Waals surface area contributed by atoms with Crippen LogP contribution in [-0.2, 0) is 6.54 Å². The Kier molecular flexibility index (Phi) is 4.49. The third-order valence-corrected chi connectivity index (χ3v) is 3.14. The minimum atomic E-state index is -0.606. The van der Waals surface area contributed by atoms with Gasteiger partial charge in [0.25, 0.3) is 0 Å². The number of rotatable bonds is 5. The van der Waals surface area contributed by atoms with E-state index in [2.05, 4.69) is 10.4 Å². The highest BCUT2D eigenvalue weighted by atomic mass is 19.1. The van der Waals surface area contributed by atoms with Crippen molar-refractivity contribution in [1.82, 2.24) is 15.1 Å². The Hall–Kier alpha value is -1.75. The summed E-state index contributed by atoms with van der Waals surface area (Å²) in [6, 6.07) is 3.54. The van der Waals surface area contributed by atoms with Crippen molar-refractivity contribution in [1.29, 1.82) is 0 Å². The molecule has 0 amide bonds. The fraction of sp³-hybridized carbons (Fsp3) is 0.400. The number of halogens is 2. The zero-order chi connectivity index (χ0) is 14.7. The van der Waals surface area contributed by atoms with E-state index in [4.69, 9.17) is 0 Å². The molecule has 0 fully saturated rings. The number of aromatic nitrogens is 2. The molecule has 0 unspecified atom stereocenters. The minimum absolute atomic E-state index is 0.190. The fourth-order valence-electron chi connectivity index (χ4n) is 2.25. The molecule has 0 aliphatic heterocycles. The average molecular weight is 279 g/mol. The maximum Gasteiger partial charge on any atom is 0.151 e. The molecule has 0 aliphatic carbocycles. The number of benzene rings is 1. The quantitative estimate of drug-likeness (QED) is 0.909. The number of nitrogens with one attached hydrogen (secondary N) is 1. The molecule has 2 rings (SSSR count). The van der Waals surface area contributed by atoms with Crippen LogP contribution in [0.3, 0.4) is 0 Å². The molecule has 1 aromatic carbocycles. The molecule has 0 bridgehead atoms. The Bertz CT molecular complexity index is 591. The van der Waals surface area contributed by atoms with Gasteiger partial charge in [0.05, 0.1) is 11.9 Å². The minimum Gasteiger partial charge on any atom is -0.313 e. The van der Waals surface area contributed by atoms with Crippen molar-refractivity contribution in [2.45, 2.75) is 33.2 Å². The van der Waals surface area contributed by atoms with Crippen LogP contribution in [0.15, 0.2) is 24.4 Å². The predicted molar refractivity (Wildman–Crippen MR) is 74.9 cm³/mol. The Morgan fingerprint density at radius 3 is 2.65 bits per heavy atom. The second-order valence-electron chi connectivity index (χ2n) is 5.00. The van der Waals surface area contributed by atoms with Gasteiger partial charge in [-0.1, -0.05) is 20.8 Å². The van der Waals surface area contributed by atoms with Gasteiger partial charge in [-0.3, -0.25) is 0 Å². The monoisotopic (exact) mass is 279 g/mol. The van der Waals surface area contributed by atoms with Gasteiger partial charge in [0.2, 0.25) is 0 Å². The first-order valence-electron chi connectivity index (χ1n) is 6.77. The summed E-state index contributed by atoms with van der Waals surface area (Å²) in [7, 11) is 0. The lowest BCUT2D eigenvalue weighted by atomic mass is 10.1. The van der Waals surface area contributed by atoms with Crippen molar-refractivity contribution in [3.05, 3.63) is 47.3 Å². The van der Waals surface area contributed by atoms with Crippen molar-refractivity contribution in [2.24, 2.45) is 0 Å². The standard InChI is InChI=1S/C15H19F2N3/c1-4-18-8-11-9-19-20(15(11)10(2)3)14-6-5-12(16)7-13(14)17/h5-7,9-10,18H,4,8H2,1-3H3. The summed E-state index contributed by atoms with van der Waals surface area (Å²) in [5.41, 5.74) is 2.25. The lowest BCUT2D eigenvalue weighted by Gasteiger charge is -2.13. The average Bonchev–Trinajstić information content (AvgIpc) is 2.80. The van der Waals surface area contributed by atoms with Gasteiger partial charge in [-0.2, -0.15) is 5.10 Å². The summed E-state index contributed by atoms with van der Waals surface area (Å²) in [6.07, 6.45) is 1.74. The zero-order valence-corrected chi connectivity index (χ0v) is 12.0. The summed E-state index contributed by atoms with van der Waals surface area (Å²) in [6.45, 7) is 7.63. The molecule has 0 atom stereocenters. The molecule has 1 aromatic heterocycles. The van der Waals surface area contributed by atoms with Crippen molar-refractivity contribution in [2.75, 3.05) is 6.54 Å². The maximum atomic E-state index is 13.9. The highest BCUT2D eigenvalue weighted by Gasteiger charge is 2.17. The SMILES string of the molecule is CCNCc1cnn(-c2ccc(F)cc2F)c1C(C)C. The summed E-state index contributed by atoms with van der Waals surface area (Å²) in [4.78, 5) is 0. The first-order valence-corrected chi connectivity index (χ1v) is 6.77. The number of hydrogen-bond donors (Lipinski definition) is 1. The van der Waals surface area contributed by atoms with Gasteiger partial charge in [-0.15, -0.1) is 0 Å². The molecule has 0 saturated carbocycles. The van der Waals surface area contributed by atoms with Crippen LogP contribution in [0.2, 0.25) is 0 Å². The third-order valence-electron chi connectivity index (χ3n) is 3.14. The highest BCUT2D eigenvalue weighted by Crippen LogP contribution is 2.24. The van der Waals surface area contributed by atoms with Gasteiger partial charge < -0.3 is 5.32 Å². The van der Waals surface area contributed by atoms with E-state index in [1.54, 1.807) is 10.9 Å². The highest BCUT2D eigenvalue weighted by molar-refractivity contribution is 5.37. The second kappa shape index (κ2) is 6.13. The number of hydrogen-bond acceptors (Lipinski definition) is 2. The predicted octanol–water partition coefficient (Wildman–Crippen LogP) is 3.38. The van der Waals surface area contributed by atoms with Crippen LogP contribution in [-0.4, -0.2) is 16.3 Å². The van der Waals surface area contributed by atoms with Crippen LogP contribution in [0.25, 0.3) is 5.69 Å². The number of nitrogens with zero attached hydrogens (tertiary/aromatic N) is 2. The van der Waals surface area contributed by atoms with Crippen LogP contribution in [0.1, 0.15) is 37.9 Å². The summed E-state index contributed by atoms with van der Waals surface area (Å²) in [5.74, 6) is -1.00.